The van der Waals surface area contributed by atoms with Crippen LogP contribution in [0, 0.1) is 13.8 Å². The smallest absolute Gasteiger partial charge is 0.347 e. The number of carboxylic acids is 1. The number of benzene rings is 2. The minimum Gasteiger partial charge on any atom is -0.477 e. The molecule has 0 aliphatic carbocycles. The van der Waals surface area contributed by atoms with Crippen LogP contribution >= 0.6 is 54.5 Å². The van der Waals surface area contributed by atoms with Gasteiger partial charge in [0, 0.05) is 38.9 Å². The standard InChI is InChI=1S/C17H20BrNOS.C8H10BrN.C8H11NO2S/c1-11-9-13(18)7-5-12(11)6-8-14(20)15-10-19-16(21-15)17(2,3)4;1-6-4-8(9)3-2-7(6)5-10;1-8(2,3)7-9-4-5(12-7)6(10)11/h5,7,9-10H,6,8H2,1-4H3;2-4H,5,10H2,1H3;4H,1-3H3,(H,10,11). The van der Waals surface area contributed by atoms with E-state index in [0.29, 0.717) is 17.8 Å². The van der Waals surface area contributed by atoms with Crippen LogP contribution in [0.1, 0.15) is 99.6 Å². The van der Waals surface area contributed by atoms with Gasteiger partial charge in [0.1, 0.15) is 4.88 Å². The topological polar surface area (TPSA) is 106 Å². The molecule has 0 radical (unpaired) electrons. The van der Waals surface area contributed by atoms with E-state index in [0.717, 1.165) is 30.3 Å². The number of nitrogens with two attached hydrogens (primary N) is 1. The van der Waals surface area contributed by atoms with Gasteiger partial charge >= 0.3 is 5.97 Å². The van der Waals surface area contributed by atoms with Gasteiger partial charge in [0.2, 0.25) is 0 Å². The van der Waals surface area contributed by atoms with E-state index >= 15 is 0 Å². The molecule has 0 aliphatic heterocycles. The maximum absolute atomic E-state index is 12.3. The highest BCUT2D eigenvalue weighted by Gasteiger charge is 2.21. The lowest BCUT2D eigenvalue weighted by Gasteiger charge is -2.13. The van der Waals surface area contributed by atoms with Crippen LogP contribution in [0.5, 0.6) is 0 Å². The van der Waals surface area contributed by atoms with Crippen LogP contribution in [0.25, 0.3) is 0 Å². The van der Waals surface area contributed by atoms with E-state index in [1.54, 1.807) is 6.20 Å². The Labute approximate surface area is 280 Å². The van der Waals surface area contributed by atoms with E-state index in [1.165, 1.54) is 51.1 Å². The maximum Gasteiger partial charge on any atom is 0.347 e. The van der Waals surface area contributed by atoms with Crippen LogP contribution in [0.2, 0.25) is 0 Å². The molecule has 0 saturated carbocycles. The quantitative estimate of drug-likeness (QED) is 0.190. The lowest BCUT2D eigenvalue weighted by molar-refractivity contribution is 0.0701. The number of thiazole rings is 2. The van der Waals surface area contributed by atoms with Gasteiger partial charge < -0.3 is 10.8 Å². The number of halogens is 2. The van der Waals surface area contributed by atoms with Crippen LogP contribution in [0.3, 0.4) is 0 Å². The van der Waals surface area contributed by atoms with E-state index in [2.05, 4.69) is 94.6 Å². The highest BCUT2D eigenvalue weighted by atomic mass is 79.9. The first kappa shape index (κ1) is 36.9. The number of Topliss-reactive ketones (excluding diaryl/α,β-unsaturated/α-hetero) is 1. The molecule has 0 spiro atoms. The predicted molar refractivity (Wildman–Crippen MR) is 187 cm³/mol. The summed E-state index contributed by atoms with van der Waals surface area (Å²) in [5.74, 6) is -0.715. The van der Waals surface area contributed by atoms with Crippen LogP contribution in [-0.4, -0.2) is 26.8 Å². The van der Waals surface area contributed by atoms with Gasteiger partial charge in [0.25, 0.3) is 0 Å². The lowest BCUT2D eigenvalue weighted by atomic mass is 9.98. The fraction of sp³-hybridized carbons (Fsp3) is 0.394. The molecule has 0 atom stereocenters. The molecule has 4 aromatic rings. The van der Waals surface area contributed by atoms with Crippen LogP contribution in [0.15, 0.2) is 57.7 Å². The molecule has 6 nitrogen and oxygen atoms in total. The lowest BCUT2D eigenvalue weighted by Crippen LogP contribution is -2.09. The van der Waals surface area contributed by atoms with E-state index in [1.807, 2.05) is 39.0 Å². The average molecular weight is 752 g/mol. The molecule has 232 valence electrons. The Kier molecular flexibility index (Phi) is 13.9. The number of nitrogens with zero attached hydrogens (tertiary/aromatic N) is 2. The third kappa shape index (κ3) is 12.0. The van der Waals surface area contributed by atoms with Gasteiger partial charge in [-0.15, -0.1) is 22.7 Å². The number of carbonyl (C=O) groups is 2. The fourth-order valence-corrected chi connectivity index (χ4v) is 6.37. The summed E-state index contributed by atoms with van der Waals surface area (Å²) in [4.78, 5) is 32.3. The van der Waals surface area contributed by atoms with Crippen LogP contribution in [-0.2, 0) is 23.8 Å². The number of ketones is 1. The van der Waals surface area contributed by atoms with E-state index in [-0.39, 0.29) is 16.6 Å². The largest absolute Gasteiger partial charge is 0.477 e. The van der Waals surface area contributed by atoms with Crippen molar-refractivity contribution < 1.29 is 14.7 Å². The summed E-state index contributed by atoms with van der Waals surface area (Å²) in [5.41, 5.74) is 10.3. The Bertz CT molecular complexity index is 1530. The molecule has 0 aliphatic rings. The van der Waals surface area contributed by atoms with Gasteiger partial charge in [-0.3, -0.25) is 4.79 Å². The zero-order valence-electron chi connectivity index (χ0n) is 26.0. The summed E-state index contributed by atoms with van der Waals surface area (Å²) >= 11 is 9.60. The number of rotatable bonds is 6. The minimum absolute atomic E-state index is 0.00545. The number of aryl methyl sites for hydroxylation is 3. The molecule has 3 N–H and O–H groups in total. The Morgan fingerprint density at radius 1 is 0.791 bits per heavy atom. The summed E-state index contributed by atoms with van der Waals surface area (Å²) in [5, 5.41) is 10.5. The second kappa shape index (κ2) is 16.2. The third-order valence-electron chi connectivity index (χ3n) is 6.23. The highest BCUT2D eigenvalue weighted by molar-refractivity contribution is 9.10. The molecule has 0 bridgehead atoms. The minimum atomic E-state index is -0.900. The number of hydrogen-bond donors (Lipinski definition) is 2. The van der Waals surface area contributed by atoms with Crippen molar-refractivity contribution in [2.75, 3.05) is 0 Å². The van der Waals surface area contributed by atoms with Crippen molar-refractivity contribution >= 4 is 66.3 Å². The molecule has 0 amide bonds. The number of carboxylic acid groups (broad SMARTS) is 1. The maximum atomic E-state index is 12.3. The summed E-state index contributed by atoms with van der Waals surface area (Å²) < 4.78 is 2.19. The van der Waals surface area contributed by atoms with Crippen molar-refractivity contribution in [3.63, 3.8) is 0 Å². The first-order chi connectivity index (χ1) is 19.9. The molecular weight excluding hydrogens is 710 g/mol. The van der Waals surface area contributed by atoms with Crippen molar-refractivity contribution in [3.05, 3.63) is 99.8 Å². The number of carbonyl (C=O) groups excluding carboxylic acids is 1. The van der Waals surface area contributed by atoms with Crippen molar-refractivity contribution in [1.29, 1.82) is 0 Å². The Hall–Kier alpha value is -2.24. The van der Waals surface area contributed by atoms with Crippen LogP contribution < -0.4 is 5.73 Å². The van der Waals surface area contributed by atoms with Gasteiger partial charge in [-0.25, -0.2) is 14.8 Å². The molecule has 43 heavy (non-hydrogen) atoms. The van der Waals surface area contributed by atoms with Crippen molar-refractivity contribution in [1.82, 2.24) is 9.97 Å². The Balaban J connectivity index is 0.000000248. The molecule has 2 aromatic heterocycles. The Morgan fingerprint density at radius 2 is 1.23 bits per heavy atom. The van der Waals surface area contributed by atoms with Crippen molar-refractivity contribution in [2.24, 2.45) is 5.73 Å². The first-order valence-electron chi connectivity index (χ1n) is 13.8. The molecule has 2 heterocycles. The second-order valence-electron chi connectivity index (χ2n) is 12.1. The van der Waals surface area contributed by atoms with Gasteiger partial charge in [-0.05, 0) is 66.8 Å². The number of aromatic nitrogens is 2. The average Bonchev–Trinajstić information content (AvgIpc) is 3.60. The van der Waals surface area contributed by atoms with Crippen molar-refractivity contribution in [3.8, 4) is 0 Å². The molecule has 2 aromatic carbocycles. The summed E-state index contributed by atoms with van der Waals surface area (Å²) in [6.07, 6.45) is 4.45. The monoisotopic (exact) mass is 749 g/mol. The molecule has 4 rings (SSSR count). The number of hydrogen-bond acceptors (Lipinski definition) is 7. The summed E-state index contributed by atoms with van der Waals surface area (Å²) in [7, 11) is 0. The van der Waals surface area contributed by atoms with Crippen LogP contribution in [0.4, 0.5) is 0 Å². The predicted octanol–water partition coefficient (Wildman–Crippen LogP) is 9.68. The normalized spacial score (nSPS) is 11.2. The molecule has 0 unspecified atom stereocenters. The third-order valence-corrected chi connectivity index (χ3v) is 10.1. The molecule has 0 fully saturated rings. The molecule has 0 saturated heterocycles. The zero-order chi connectivity index (χ0) is 32.5. The summed E-state index contributed by atoms with van der Waals surface area (Å²) in [6, 6.07) is 12.3. The van der Waals surface area contributed by atoms with Gasteiger partial charge in [0.15, 0.2) is 5.78 Å². The van der Waals surface area contributed by atoms with Crippen molar-refractivity contribution in [2.45, 2.75) is 85.6 Å². The van der Waals surface area contributed by atoms with Gasteiger partial charge in [0.05, 0.1) is 21.1 Å². The van der Waals surface area contributed by atoms with E-state index < -0.39 is 5.97 Å². The first-order valence-corrected chi connectivity index (χ1v) is 17.0. The van der Waals surface area contributed by atoms with E-state index in [9.17, 15) is 9.59 Å². The van der Waals surface area contributed by atoms with Gasteiger partial charge in [-0.1, -0.05) is 85.5 Å². The van der Waals surface area contributed by atoms with E-state index in [4.69, 9.17) is 10.8 Å². The SMILES string of the molecule is CC(C)(C)c1ncc(C(=O)O)s1.Cc1cc(Br)ccc1CCC(=O)c1cnc(C(C)(C)C)s1.Cc1cc(Br)ccc1CN. The van der Waals surface area contributed by atoms with Gasteiger partial charge in [-0.2, -0.15) is 0 Å². The molecular formula is C33H41Br2N3O3S2. The zero-order valence-corrected chi connectivity index (χ0v) is 30.9. The number of aromatic carboxylic acids is 1. The molecule has 10 heteroatoms. The summed E-state index contributed by atoms with van der Waals surface area (Å²) in [6.45, 7) is 17.1. The fourth-order valence-electron chi connectivity index (χ4n) is 3.67. The highest BCUT2D eigenvalue weighted by Crippen LogP contribution is 2.28. The second-order valence-corrected chi connectivity index (χ2v) is 16.0. The Morgan fingerprint density at radius 3 is 1.60 bits per heavy atom.